The minimum Gasteiger partial charge on any atom is -0.277 e. The van der Waals surface area contributed by atoms with E-state index in [1.807, 2.05) is 41.1 Å². The molecular weight excluding hydrogens is 228 g/mol. The predicted octanol–water partition coefficient (Wildman–Crippen LogP) is 3.85. The summed E-state index contributed by atoms with van der Waals surface area (Å²) in [6.45, 7) is 0. The fraction of sp³-hybridized carbons (Fsp3) is 0. The lowest BCUT2D eigenvalue weighted by Crippen LogP contribution is -1.89. The Morgan fingerprint density at radius 1 is 1.27 bits per heavy atom. The van der Waals surface area contributed by atoms with Crippen LogP contribution in [0.25, 0.3) is 0 Å². The third-order valence-electron chi connectivity index (χ3n) is 1.82. The second kappa shape index (κ2) is 4.96. The van der Waals surface area contributed by atoms with Crippen LogP contribution in [0.15, 0.2) is 46.2 Å². The second-order valence-electron chi connectivity index (χ2n) is 2.91. The Labute approximate surface area is 97.2 Å². The van der Waals surface area contributed by atoms with Gasteiger partial charge in [-0.25, -0.2) is 0 Å². The molecule has 15 heavy (non-hydrogen) atoms. The van der Waals surface area contributed by atoms with Crippen LogP contribution >= 0.6 is 22.9 Å². The molecule has 0 saturated heterocycles. The third kappa shape index (κ3) is 2.81. The minimum absolute atomic E-state index is 0.667. The molecule has 2 rings (SSSR count). The van der Waals surface area contributed by atoms with E-state index in [1.54, 1.807) is 17.6 Å². The Balaban J connectivity index is 2.02. The number of para-hydroxylation sites is 1. The van der Waals surface area contributed by atoms with Crippen LogP contribution < -0.4 is 5.43 Å². The van der Waals surface area contributed by atoms with E-state index in [1.165, 1.54) is 0 Å². The van der Waals surface area contributed by atoms with Crippen LogP contribution in [0.1, 0.15) is 5.56 Å². The molecular formula is C11H9ClN2S. The lowest BCUT2D eigenvalue weighted by molar-refractivity contribution is 1.35. The van der Waals surface area contributed by atoms with Gasteiger partial charge in [-0.1, -0.05) is 23.7 Å². The second-order valence-corrected chi connectivity index (χ2v) is 4.09. The van der Waals surface area contributed by atoms with Crippen molar-refractivity contribution in [3.05, 3.63) is 51.7 Å². The summed E-state index contributed by atoms with van der Waals surface area (Å²) in [7, 11) is 0. The molecule has 1 N–H and O–H groups in total. The molecule has 1 aromatic carbocycles. The summed E-state index contributed by atoms with van der Waals surface area (Å²) in [5.74, 6) is 0. The predicted molar refractivity (Wildman–Crippen MR) is 67.0 cm³/mol. The number of hydrogen-bond acceptors (Lipinski definition) is 3. The number of hydrazone groups is 1. The number of nitrogens with one attached hydrogen (secondary N) is 1. The SMILES string of the molecule is Clc1ccccc1N/N=C\c1ccsc1. The van der Waals surface area contributed by atoms with E-state index in [4.69, 9.17) is 11.6 Å². The first-order valence-electron chi connectivity index (χ1n) is 4.42. The van der Waals surface area contributed by atoms with Gasteiger partial charge in [0.2, 0.25) is 0 Å². The quantitative estimate of drug-likeness (QED) is 0.635. The summed E-state index contributed by atoms with van der Waals surface area (Å²) >= 11 is 7.59. The first-order chi connectivity index (χ1) is 7.36. The topological polar surface area (TPSA) is 24.4 Å². The van der Waals surface area contributed by atoms with Gasteiger partial charge in [0.1, 0.15) is 0 Å². The van der Waals surface area contributed by atoms with Gasteiger partial charge in [-0.2, -0.15) is 16.4 Å². The van der Waals surface area contributed by atoms with Gasteiger partial charge >= 0.3 is 0 Å². The molecule has 0 fully saturated rings. The van der Waals surface area contributed by atoms with Gasteiger partial charge in [-0.05, 0) is 29.0 Å². The molecule has 0 amide bonds. The molecule has 2 nitrogen and oxygen atoms in total. The number of halogens is 1. The molecule has 1 heterocycles. The van der Waals surface area contributed by atoms with Crippen molar-refractivity contribution in [2.24, 2.45) is 5.10 Å². The summed E-state index contributed by atoms with van der Waals surface area (Å²) in [5, 5.41) is 8.80. The van der Waals surface area contributed by atoms with E-state index in [9.17, 15) is 0 Å². The van der Waals surface area contributed by atoms with E-state index in [0.29, 0.717) is 5.02 Å². The highest BCUT2D eigenvalue weighted by molar-refractivity contribution is 7.08. The van der Waals surface area contributed by atoms with Crippen molar-refractivity contribution in [1.29, 1.82) is 0 Å². The molecule has 0 saturated carbocycles. The minimum atomic E-state index is 0.667. The van der Waals surface area contributed by atoms with Gasteiger partial charge in [0.05, 0.1) is 16.9 Å². The van der Waals surface area contributed by atoms with E-state index < -0.39 is 0 Å². The van der Waals surface area contributed by atoms with E-state index in [2.05, 4.69) is 10.5 Å². The van der Waals surface area contributed by atoms with Crippen LogP contribution in [0.4, 0.5) is 5.69 Å². The average molecular weight is 237 g/mol. The maximum Gasteiger partial charge on any atom is 0.0748 e. The van der Waals surface area contributed by atoms with Crippen LogP contribution in [0.5, 0.6) is 0 Å². The van der Waals surface area contributed by atoms with Gasteiger partial charge in [0.25, 0.3) is 0 Å². The van der Waals surface area contributed by atoms with Crippen LogP contribution in [0.2, 0.25) is 5.02 Å². The van der Waals surface area contributed by atoms with Crippen LogP contribution in [0, 0.1) is 0 Å². The van der Waals surface area contributed by atoms with Crippen LogP contribution in [-0.4, -0.2) is 6.21 Å². The molecule has 0 radical (unpaired) electrons. The van der Waals surface area contributed by atoms with Crippen molar-refractivity contribution in [2.45, 2.75) is 0 Å². The maximum atomic E-state index is 5.95. The van der Waals surface area contributed by atoms with Gasteiger partial charge in [0.15, 0.2) is 0 Å². The monoisotopic (exact) mass is 236 g/mol. The Morgan fingerprint density at radius 3 is 2.87 bits per heavy atom. The normalized spacial score (nSPS) is 10.7. The van der Waals surface area contributed by atoms with Gasteiger partial charge in [-0.15, -0.1) is 0 Å². The van der Waals surface area contributed by atoms with Crippen LogP contribution in [0.3, 0.4) is 0 Å². The first-order valence-corrected chi connectivity index (χ1v) is 5.74. The summed E-state index contributed by atoms with van der Waals surface area (Å²) in [6.07, 6.45) is 1.76. The van der Waals surface area contributed by atoms with E-state index >= 15 is 0 Å². The number of hydrogen-bond donors (Lipinski definition) is 1. The lowest BCUT2D eigenvalue weighted by atomic mass is 10.3. The van der Waals surface area contributed by atoms with E-state index in [0.717, 1.165) is 11.3 Å². The van der Waals surface area contributed by atoms with Crippen LogP contribution in [-0.2, 0) is 0 Å². The number of nitrogens with zero attached hydrogens (tertiary/aromatic N) is 1. The standard InChI is InChI=1S/C11H9ClN2S/c12-10-3-1-2-4-11(10)14-13-7-9-5-6-15-8-9/h1-8,14H/b13-7-. The Morgan fingerprint density at radius 2 is 2.13 bits per heavy atom. The van der Waals surface area contributed by atoms with Gasteiger partial charge in [-0.3, -0.25) is 5.43 Å². The zero-order chi connectivity index (χ0) is 10.5. The van der Waals surface area contributed by atoms with Crippen molar-refractivity contribution < 1.29 is 0 Å². The zero-order valence-electron chi connectivity index (χ0n) is 7.85. The highest BCUT2D eigenvalue weighted by Gasteiger charge is 1.94. The molecule has 0 atom stereocenters. The summed E-state index contributed by atoms with van der Waals surface area (Å²) < 4.78 is 0. The largest absolute Gasteiger partial charge is 0.277 e. The van der Waals surface area contributed by atoms with Crippen molar-refractivity contribution in [3.8, 4) is 0 Å². The Kier molecular flexibility index (Phi) is 3.37. The van der Waals surface area contributed by atoms with Gasteiger partial charge in [0, 0.05) is 5.56 Å². The molecule has 0 aliphatic carbocycles. The highest BCUT2D eigenvalue weighted by Crippen LogP contribution is 2.20. The van der Waals surface area contributed by atoms with E-state index in [-0.39, 0.29) is 0 Å². The summed E-state index contributed by atoms with van der Waals surface area (Å²) in [5.41, 5.74) is 4.79. The number of anilines is 1. The summed E-state index contributed by atoms with van der Waals surface area (Å²) in [6, 6.07) is 9.50. The molecule has 0 aliphatic heterocycles. The van der Waals surface area contributed by atoms with Crippen molar-refractivity contribution in [3.63, 3.8) is 0 Å². The Bertz CT molecular complexity index is 451. The molecule has 4 heteroatoms. The molecule has 0 bridgehead atoms. The van der Waals surface area contributed by atoms with Crippen molar-refractivity contribution >= 4 is 34.8 Å². The first kappa shape index (κ1) is 10.2. The smallest absolute Gasteiger partial charge is 0.0748 e. The van der Waals surface area contributed by atoms with Gasteiger partial charge < -0.3 is 0 Å². The molecule has 2 aromatic rings. The van der Waals surface area contributed by atoms with Crippen molar-refractivity contribution in [1.82, 2.24) is 0 Å². The molecule has 0 aliphatic rings. The molecule has 0 spiro atoms. The lowest BCUT2D eigenvalue weighted by Gasteiger charge is -2.00. The number of thiophene rings is 1. The molecule has 1 aromatic heterocycles. The number of benzene rings is 1. The molecule has 0 unspecified atom stereocenters. The molecule has 76 valence electrons. The Hall–Kier alpha value is -1.32. The fourth-order valence-corrected chi connectivity index (χ4v) is 1.87. The average Bonchev–Trinajstić information content (AvgIpc) is 2.74. The highest BCUT2D eigenvalue weighted by atomic mass is 35.5. The zero-order valence-corrected chi connectivity index (χ0v) is 9.42. The number of rotatable bonds is 3. The fourth-order valence-electron chi connectivity index (χ4n) is 1.08. The third-order valence-corrected chi connectivity index (χ3v) is 2.85. The van der Waals surface area contributed by atoms with Crippen molar-refractivity contribution in [2.75, 3.05) is 5.43 Å². The maximum absolute atomic E-state index is 5.95. The summed E-state index contributed by atoms with van der Waals surface area (Å²) in [4.78, 5) is 0.